The summed E-state index contributed by atoms with van der Waals surface area (Å²) in [4.78, 5) is 14.1. The zero-order valence-electron chi connectivity index (χ0n) is 13.5. The van der Waals surface area contributed by atoms with Crippen LogP contribution in [0.1, 0.15) is 27.7 Å². The van der Waals surface area contributed by atoms with Crippen molar-refractivity contribution >= 4 is 17.5 Å². The highest BCUT2D eigenvalue weighted by Crippen LogP contribution is 2.39. The normalized spacial score (nSPS) is 23.7. The molecular formula is C17H19ClFN3O2. The van der Waals surface area contributed by atoms with Gasteiger partial charge in [0.05, 0.1) is 23.9 Å². The first-order chi connectivity index (χ1) is 11.4. The van der Waals surface area contributed by atoms with Gasteiger partial charge in [0, 0.05) is 19.5 Å². The topological polar surface area (TPSA) is 58.4 Å². The summed E-state index contributed by atoms with van der Waals surface area (Å²) in [5, 5.41) is 14.0. The second kappa shape index (κ2) is 6.18. The van der Waals surface area contributed by atoms with Crippen LogP contribution in [0.4, 0.5) is 4.39 Å². The van der Waals surface area contributed by atoms with E-state index in [9.17, 15) is 9.90 Å². The minimum atomic E-state index is -1.88. The molecule has 0 spiro atoms. The molecule has 24 heavy (non-hydrogen) atoms. The van der Waals surface area contributed by atoms with E-state index in [1.807, 2.05) is 18.2 Å². The molecule has 1 fully saturated rings. The number of benzene rings is 1. The quantitative estimate of drug-likeness (QED) is 0.923. The summed E-state index contributed by atoms with van der Waals surface area (Å²) in [7, 11) is 1.70. The Morgan fingerprint density at radius 1 is 1.46 bits per heavy atom. The first-order valence-electron chi connectivity index (χ1n) is 7.70. The minimum Gasteiger partial charge on any atom is -0.393 e. The second-order valence-electron chi connectivity index (χ2n) is 6.21. The molecule has 1 aliphatic rings. The van der Waals surface area contributed by atoms with Crippen LogP contribution in [0.2, 0.25) is 5.02 Å². The fourth-order valence-electron chi connectivity index (χ4n) is 3.15. The van der Waals surface area contributed by atoms with Crippen molar-refractivity contribution < 1.29 is 14.3 Å². The van der Waals surface area contributed by atoms with E-state index in [0.29, 0.717) is 5.69 Å². The summed E-state index contributed by atoms with van der Waals surface area (Å²) >= 11 is 6.17. The summed E-state index contributed by atoms with van der Waals surface area (Å²) in [5.74, 6) is -1.01. The zero-order chi connectivity index (χ0) is 17.5. The Morgan fingerprint density at radius 2 is 2.12 bits per heavy atom. The summed E-state index contributed by atoms with van der Waals surface area (Å²) in [6, 6.07) is 9.09. The lowest BCUT2D eigenvalue weighted by atomic mass is 9.87. The van der Waals surface area contributed by atoms with Gasteiger partial charge in [0.1, 0.15) is 0 Å². The summed E-state index contributed by atoms with van der Waals surface area (Å²) in [6.45, 7) is 1.10. The first-order valence-corrected chi connectivity index (χ1v) is 8.08. The van der Waals surface area contributed by atoms with Crippen LogP contribution in [0.25, 0.3) is 0 Å². The number of amides is 1. The van der Waals surface area contributed by atoms with Gasteiger partial charge >= 0.3 is 0 Å². The molecule has 2 aromatic rings. The number of aliphatic hydroxyl groups is 1. The number of aliphatic hydroxyl groups excluding tert-OH is 1. The fraction of sp³-hybridized carbons (Fsp3) is 0.412. The van der Waals surface area contributed by atoms with E-state index in [2.05, 4.69) is 5.10 Å². The second-order valence-corrected chi connectivity index (χ2v) is 6.59. The van der Waals surface area contributed by atoms with Gasteiger partial charge < -0.3 is 10.0 Å². The summed E-state index contributed by atoms with van der Waals surface area (Å²) < 4.78 is 16.7. The molecule has 1 aromatic heterocycles. The first kappa shape index (κ1) is 16.9. The van der Waals surface area contributed by atoms with Crippen LogP contribution in [0.15, 0.2) is 30.3 Å². The van der Waals surface area contributed by atoms with Gasteiger partial charge in [0.2, 0.25) is 0 Å². The number of carbonyl (C=O) groups is 1. The van der Waals surface area contributed by atoms with E-state index in [4.69, 9.17) is 11.6 Å². The van der Waals surface area contributed by atoms with Crippen LogP contribution in [-0.4, -0.2) is 51.1 Å². The van der Waals surface area contributed by atoms with Crippen molar-refractivity contribution in [3.05, 3.63) is 52.3 Å². The average Bonchev–Trinajstić information content (AvgIpc) is 3.08. The highest BCUT2D eigenvalue weighted by atomic mass is 35.5. The largest absolute Gasteiger partial charge is 0.393 e. The smallest absolute Gasteiger partial charge is 0.276 e. The van der Waals surface area contributed by atoms with Crippen molar-refractivity contribution in [2.24, 2.45) is 7.05 Å². The predicted molar refractivity (Wildman–Crippen MR) is 89.0 cm³/mol. The Morgan fingerprint density at radius 3 is 2.67 bits per heavy atom. The van der Waals surface area contributed by atoms with Crippen LogP contribution < -0.4 is 0 Å². The Kier molecular flexibility index (Phi) is 4.36. The van der Waals surface area contributed by atoms with Crippen LogP contribution in [0.3, 0.4) is 0 Å². The van der Waals surface area contributed by atoms with Gasteiger partial charge in [-0.3, -0.25) is 9.48 Å². The van der Waals surface area contributed by atoms with Crippen LogP contribution >= 0.6 is 11.6 Å². The molecule has 2 heterocycles. The van der Waals surface area contributed by atoms with E-state index < -0.39 is 24.1 Å². The lowest BCUT2D eigenvalue weighted by Gasteiger charge is -2.23. The molecule has 3 rings (SSSR count). The maximum absolute atomic E-state index is 15.2. The van der Waals surface area contributed by atoms with Gasteiger partial charge in [0.15, 0.2) is 11.4 Å². The number of likely N-dealkylation sites (tertiary alicyclic amines) is 1. The number of halogens is 2. The molecule has 128 valence electrons. The van der Waals surface area contributed by atoms with E-state index in [1.165, 1.54) is 9.58 Å². The molecule has 1 aromatic carbocycles. The van der Waals surface area contributed by atoms with E-state index in [1.54, 1.807) is 26.1 Å². The van der Waals surface area contributed by atoms with Gasteiger partial charge in [-0.05, 0) is 12.5 Å². The van der Waals surface area contributed by atoms with Crippen LogP contribution in [0.5, 0.6) is 0 Å². The molecular weight excluding hydrogens is 333 g/mol. The van der Waals surface area contributed by atoms with E-state index >= 15 is 4.39 Å². The van der Waals surface area contributed by atoms with Crippen LogP contribution in [-0.2, 0) is 7.05 Å². The molecule has 5 nitrogen and oxygen atoms in total. The Balaban J connectivity index is 1.91. The van der Waals surface area contributed by atoms with Crippen molar-refractivity contribution in [2.45, 2.75) is 18.5 Å². The Hall–Kier alpha value is -1.92. The standard InChI is InChI=1S/C17H19ClFN3O2/c1-11-14(18)15(20-21(11)2)16(24)22-8-13(17(19,9-22)10-23)12-6-4-3-5-7-12/h3-7,13,23H,8-10H2,1-2H3. The van der Waals surface area contributed by atoms with Crippen molar-refractivity contribution in [1.82, 2.24) is 14.7 Å². The summed E-state index contributed by atoms with van der Waals surface area (Å²) in [5.41, 5.74) is -0.335. The monoisotopic (exact) mass is 351 g/mol. The average molecular weight is 352 g/mol. The molecule has 1 amide bonds. The van der Waals surface area contributed by atoms with Crippen molar-refractivity contribution in [3.63, 3.8) is 0 Å². The highest BCUT2D eigenvalue weighted by Gasteiger charge is 2.49. The maximum atomic E-state index is 15.2. The maximum Gasteiger partial charge on any atom is 0.276 e. The number of carbonyl (C=O) groups excluding carboxylic acids is 1. The van der Waals surface area contributed by atoms with E-state index in [-0.39, 0.29) is 23.8 Å². The third kappa shape index (κ3) is 2.70. The molecule has 0 aliphatic carbocycles. The predicted octanol–water partition coefficient (Wildman–Crippen LogP) is 2.32. The van der Waals surface area contributed by atoms with Crippen molar-refractivity contribution in [1.29, 1.82) is 0 Å². The number of aryl methyl sites for hydroxylation is 1. The Labute approximate surface area is 144 Å². The molecule has 2 unspecified atom stereocenters. The summed E-state index contributed by atoms with van der Waals surface area (Å²) in [6.07, 6.45) is 0. The molecule has 0 bridgehead atoms. The highest BCUT2D eigenvalue weighted by molar-refractivity contribution is 6.34. The molecule has 0 radical (unpaired) electrons. The Bertz CT molecular complexity index is 765. The molecule has 2 atom stereocenters. The molecule has 0 saturated carbocycles. The SMILES string of the molecule is Cc1c(Cl)c(C(=O)N2CC(c3ccccc3)C(F)(CO)C2)nn1C. The molecule has 1 N–H and O–H groups in total. The third-order valence-electron chi connectivity index (χ3n) is 4.70. The van der Waals surface area contributed by atoms with E-state index in [0.717, 1.165) is 5.56 Å². The number of aromatic nitrogens is 2. The third-order valence-corrected chi connectivity index (χ3v) is 5.15. The minimum absolute atomic E-state index is 0.116. The van der Waals surface area contributed by atoms with Crippen LogP contribution in [0, 0.1) is 6.92 Å². The van der Waals surface area contributed by atoms with Crippen molar-refractivity contribution in [2.75, 3.05) is 19.7 Å². The van der Waals surface area contributed by atoms with Gasteiger partial charge in [-0.1, -0.05) is 41.9 Å². The van der Waals surface area contributed by atoms with Crippen molar-refractivity contribution in [3.8, 4) is 0 Å². The fourth-order valence-corrected chi connectivity index (χ4v) is 3.39. The number of rotatable bonds is 3. The zero-order valence-corrected chi connectivity index (χ0v) is 14.3. The number of hydrogen-bond acceptors (Lipinski definition) is 3. The lowest BCUT2D eigenvalue weighted by Crippen LogP contribution is -2.37. The number of hydrogen-bond donors (Lipinski definition) is 1. The van der Waals surface area contributed by atoms with Gasteiger partial charge in [-0.2, -0.15) is 5.10 Å². The molecule has 1 saturated heterocycles. The van der Waals surface area contributed by atoms with Gasteiger partial charge in [-0.25, -0.2) is 4.39 Å². The molecule has 1 aliphatic heterocycles. The van der Waals surface area contributed by atoms with Gasteiger partial charge in [-0.15, -0.1) is 0 Å². The number of nitrogens with zero attached hydrogens (tertiary/aromatic N) is 3. The lowest BCUT2D eigenvalue weighted by molar-refractivity contribution is 0.0573. The molecule has 7 heteroatoms. The van der Waals surface area contributed by atoms with Gasteiger partial charge in [0.25, 0.3) is 5.91 Å². The number of alkyl halides is 1.